The number of hydrogen-bond donors (Lipinski definition) is 1. The van der Waals surface area contributed by atoms with Gasteiger partial charge in [-0.2, -0.15) is 0 Å². The lowest BCUT2D eigenvalue weighted by Crippen LogP contribution is -2.35. The Balaban J connectivity index is 2.51. The summed E-state index contributed by atoms with van der Waals surface area (Å²) >= 11 is 6.12. The van der Waals surface area contributed by atoms with Crippen molar-refractivity contribution in [2.75, 3.05) is 18.0 Å². The van der Waals surface area contributed by atoms with E-state index < -0.39 is 11.9 Å². The van der Waals surface area contributed by atoms with Gasteiger partial charge in [-0.3, -0.25) is 0 Å². The fourth-order valence-electron chi connectivity index (χ4n) is 2.47. The van der Waals surface area contributed by atoms with Crippen molar-refractivity contribution < 1.29 is 8.78 Å². The maximum atomic E-state index is 14.1. The summed E-state index contributed by atoms with van der Waals surface area (Å²) in [4.78, 5) is 1.72. The second kappa shape index (κ2) is 6.87. The van der Waals surface area contributed by atoms with Crippen molar-refractivity contribution >= 4 is 17.3 Å². The predicted octanol–water partition coefficient (Wildman–Crippen LogP) is 4.14. The predicted molar refractivity (Wildman–Crippen MR) is 82.6 cm³/mol. The molecule has 0 saturated carbocycles. The molecule has 0 amide bonds. The van der Waals surface area contributed by atoms with Crippen LogP contribution in [0.15, 0.2) is 42.5 Å². The van der Waals surface area contributed by atoms with Gasteiger partial charge in [0.1, 0.15) is 11.6 Å². The van der Waals surface area contributed by atoms with Crippen LogP contribution in [0.3, 0.4) is 0 Å². The van der Waals surface area contributed by atoms with E-state index in [9.17, 15) is 8.78 Å². The van der Waals surface area contributed by atoms with E-state index >= 15 is 0 Å². The second-order valence-corrected chi connectivity index (χ2v) is 5.03. The summed E-state index contributed by atoms with van der Waals surface area (Å²) in [5.74, 6) is -0.807. The molecule has 1 atom stereocenters. The Labute approximate surface area is 128 Å². The minimum absolute atomic E-state index is 0.128. The van der Waals surface area contributed by atoms with Gasteiger partial charge in [-0.15, -0.1) is 0 Å². The van der Waals surface area contributed by atoms with Gasteiger partial charge >= 0.3 is 0 Å². The number of benzene rings is 2. The molecular formula is C16H17ClF2N2. The first-order chi connectivity index (χ1) is 10.1. The first-order valence-electron chi connectivity index (χ1n) is 6.75. The number of rotatable bonds is 5. The molecule has 0 radical (unpaired) electrons. The Morgan fingerprint density at radius 3 is 2.33 bits per heavy atom. The number of nitrogens with two attached hydrogens (primary N) is 1. The van der Waals surface area contributed by atoms with Crippen LogP contribution in [0.2, 0.25) is 5.02 Å². The summed E-state index contributed by atoms with van der Waals surface area (Å²) in [6.07, 6.45) is 0. The third-order valence-electron chi connectivity index (χ3n) is 3.43. The number of nitrogens with zero attached hydrogens (tertiary/aromatic N) is 1. The van der Waals surface area contributed by atoms with Crippen LogP contribution in [0.4, 0.5) is 14.5 Å². The highest BCUT2D eigenvalue weighted by atomic mass is 35.5. The van der Waals surface area contributed by atoms with E-state index in [-0.39, 0.29) is 12.4 Å². The molecule has 0 aromatic heterocycles. The molecule has 0 spiro atoms. The van der Waals surface area contributed by atoms with Gasteiger partial charge in [0, 0.05) is 23.7 Å². The third kappa shape index (κ3) is 3.17. The summed E-state index contributed by atoms with van der Waals surface area (Å²) < 4.78 is 28.2. The summed E-state index contributed by atoms with van der Waals surface area (Å²) in [6, 6.07) is 10.3. The lowest BCUT2D eigenvalue weighted by atomic mass is 10.0. The van der Waals surface area contributed by atoms with Crippen LogP contribution in [0.1, 0.15) is 18.5 Å². The summed E-state index contributed by atoms with van der Waals surface area (Å²) in [6.45, 7) is 2.47. The van der Waals surface area contributed by atoms with Gasteiger partial charge in [-0.25, -0.2) is 8.78 Å². The van der Waals surface area contributed by atoms with Gasteiger partial charge in [0.05, 0.1) is 11.7 Å². The molecule has 21 heavy (non-hydrogen) atoms. The molecule has 0 aliphatic heterocycles. The Kier molecular flexibility index (Phi) is 5.15. The molecule has 0 bridgehead atoms. The minimum Gasteiger partial charge on any atom is -0.361 e. The molecule has 2 aromatic rings. The molecule has 0 heterocycles. The fourth-order valence-corrected chi connectivity index (χ4v) is 2.76. The molecular weight excluding hydrogens is 294 g/mol. The van der Waals surface area contributed by atoms with Gasteiger partial charge in [0.15, 0.2) is 0 Å². The monoisotopic (exact) mass is 310 g/mol. The van der Waals surface area contributed by atoms with E-state index in [1.54, 1.807) is 29.2 Å². The van der Waals surface area contributed by atoms with Crippen LogP contribution in [0.25, 0.3) is 0 Å². The molecule has 0 aliphatic carbocycles. The molecule has 5 heteroatoms. The molecule has 0 aliphatic rings. The van der Waals surface area contributed by atoms with Gasteiger partial charge in [0.2, 0.25) is 0 Å². The van der Waals surface area contributed by atoms with Gasteiger partial charge in [0.25, 0.3) is 0 Å². The summed E-state index contributed by atoms with van der Waals surface area (Å²) in [7, 11) is 0. The lowest BCUT2D eigenvalue weighted by Gasteiger charge is -2.33. The fraction of sp³-hybridized carbons (Fsp3) is 0.250. The second-order valence-electron chi connectivity index (χ2n) is 4.62. The quantitative estimate of drug-likeness (QED) is 0.899. The van der Waals surface area contributed by atoms with E-state index in [4.69, 9.17) is 17.3 Å². The SMILES string of the molecule is CCN(c1ccccc1F)C(CN)c1c(F)cccc1Cl. The largest absolute Gasteiger partial charge is 0.361 e. The Morgan fingerprint density at radius 2 is 1.76 bits per heavy atom. The van der Waals surface area contributed by atoms with Crippen molar-refractivity contribution in [2.24, 2.45) is 5.73 Å². The zero-order valence-electron chi connectivity index (χ0n) is 11.7. The minimum atomic E-state index is -0.527. The summed E-state index contributed by atoms with van der Waals surface area (Å²) in [5, 5.41) is 0.292. The Hall–Kier alpha value is -1.65. The molecule has 0 saturated heterocycles. The number of halogens is 3. The zero-order chi connectivity index (χ0) is 15.4. The van der Waals surface area contributed by atoms with Crippen LogP contribution in [0, 0.1) is 11.6 Å². The molecule has 2 nitrogen and oxygen atoms in total. The maximum absolute atomic E-state index is 14.1. The average molecular weight is 311 g/mol. The highest BCUT2D eigenvalue weighted by molar-refractivity contribution is 6.31. The highest BCUT2D eigenvalue weighted by Crippen LogP contribution is 2.33. The maximum Gasteiger partial charge on any atom is 0.146 e. The van der Waals surface area contributed by atoms with Crippen LogP contribution < -0.4 is 10.6 Å². The van der Waals surface area contributed by atoms with Crippen molar-refractivity contribution in [2.45, 2.75) is 13.0 Å². The van der Waals surface area contributed by atoms with E-state index in [0.717, 1.165) is 0 Å². The number of likely N-dealkylation sites (N-methyl/N-ethyl adjacent to an activating group) is 1. The van der Waals surface area contributed by atoms with Crippen molar-refractivity contribution in [3.8, 4) is 0 Å². The van der Waals surface area contributed by atoms with Crippen molar-refractivity contribution in [3.05, 3.63) is 64.7 Å². The number of hydrogen-bond acceptors (Lipinski definition) is 2. The third-order valence-corrected chi connectivity index (χ3v) is 3.76. The van der Waals surface area contributed by atoms with Crippen molar-refractivity contribution in [3.63, 3.8) is 0 Å². The molecule has 2 aromatic carbocycles. The Morgan fingerprint density at radius 1 is 1.10 bits per heavy atom. The lowest BCUT2D eigenvalue weighted by molar-refractivity contribution is 0.550. The number of para-hydroxylation sites is 1. The molecule has 2 rings (SSSR count). The molecule has 2 N–H and O–H groups in total. The van der Waals surface area contributed by atoms with Crippen molar-refractivity contribution in [1.82, 2.24) is 0 Å². The van der Waals surface area contributed by atoms with Crippen molar-refractivity contribution in [1.29, 1.82) is 0 Å². The molecule has 1 unspecified atom stereocenters. The number of anilines is 1. The van der Waals surface area contributed by atoms with Gasteiger partial charge in [-0.05, 0) is 31.2 Å². The zero-order valence-corrected chi connectivity index (χ0v) is 12.4. The topological polar surface area (TPSA) is 29.3 Å². The first-order valence-corrected chi connectivity index (χ1v) is 7.13. The smallest absolute Gasteiger partial charge is 0.146 e. The molecule has 112 valence electrons. The first kappa shape index (κ1) is 15.7. The van der Waals surface area contributed by atoms with E-state index in [1.165, 1.54) is 18.2 Å². The van der Waals surface area contributed by atoms with E-state index in [1.807, 2.05) is 6.92 Å². The summed E-state index contributed by atoms with van der Waals surface area (Å²) in [5.41, 5.74) is 6.50. The highest BCUT2D eigenvalue weighted by Gasteiger charge is 2.25. The van der Waals surface area contributed by atoms with Crippen LogP contribution in [-0.2, 0) is 0 Å². The average Bonchev–Trinajstić information content (AvgIpc) is 2.47. The molecule has 0 fully saturated rings. The van der Waals surface area contributed by atoms with Gasteiger partial charge < -0.3 is 10.6 Å². The van der Waals surface area contributed by atoms with Crippen LogP contribution >= 0.6 is 11.6 Å². The van der Waals surface area contributed by atoms with E-state index in [0.29, 0.717) is 22.8 Å². The van der Waals surface area contributed by atoms with Crippen LogP contribution in [-0.4, -0.2) is 13.1 Å². The normalized spacial score (nSPS) is 12.2. The van der Waals surface area contributed by atoms with Gasteiger partial charge in [-0.1, -0.05) is 29.8 Å². The van der Waals surface area contributed by atoms with Crippen LogP contribution in [0.5, 0.6) is 0 Å². The van der Waals surface area contributed by atoms with E-state index in [2.05, 4.69) is 0 Å². The standard InChI is InChI=1S/C16H17ClF2N2/c1-2-21(14-9-4-3-7-12(14)18)15(10-20)16-11(17)6-5-8-13(16)19/h3-9,15H,2,10,20H2,1H3. The Bertz CT molecular complexity index is 599.